The first-order valence-electron chi connectivity index (χ1n) is 12.4. The Kier molecular flexibility index (Phi) is 9.31. The Bertz CT molecular complexity index is 1350. The second kappa shape index (κ2) is 12.9. The number of anilines is 1. The van der Waals surface area contributed by atoms with E-state index in [1.54, 1.807) is 6.07 Å². The lowest BCUT2D eigenvalue weighted by Gasteiger charge is -2.35. The average molecular weight is 595 g/mol. The van der Waals surface area contributed by atoms with Gasteiger partial charge in [0.1, 0.15) is 5.75 Å². The molecule has 0 saturated carbocycles. The van der Waals surface area contributed by atoms with Gasteiger partial charge in [-0.2, -0.15) is 0 Å². The Labute approximate surface area is 235 Å². The fourth-order valence-electron chi connectivity index (χ4n) is 4.47. The first-order chi connectivity index (χ1) is 19.4. The highest BCUT2D eigenvalue weighted by atomic mass is 32.2. The van der Waals surface area contributed by atoms with Crippen molar-refractivity contribution in [3.05, 3.63) is 52.7 Å². The number of benzene rings is 1. The van der Waals surface area contributed by atoms with Crippen molar-refractivity contribution in [2.24, 2.45) is 5.92 Å². The molecule has 12 nitrogen and oxygen atoms in total. The first-order valence-corrected chi connectivity index (χ1v) is 13.2. The molecule has 41 heavy (non-hydrogen) atoms. The Balaban J connectivity index is 1.32. The van der Waals surface area contributed by atoms with E-state index in [2.05, 4.69) is 30.7 Å². The molecule has 1 unspecified atom stereocenters. The molecule has 4 N–H and O–H groups in total. The van der Waals surface area contributed by atoms with Crippen LogP contribution in [0.4, 0.5) is 28.7 Å². The molecule has 218 valence electrons. The molecule has 0 spiro atoms. The van der Waals surface area contributed by atoms with Gasteiger partial charge in [-0.05, 0) is 60.4 Å². The molecule has 3 heterocycles. The number of carboxylic acid groups (broad SMARTS) is 1. The van der Waals surface area contributed by atoms with Crippen molar-refractivity contribution in [3.63, 3.8) is 0 Å². The van der Waals surface area contributed by atoms with Crippen LogP contribution in [0.3, 0.4) is 0 Å². The number of imide groups is 1. The molecule has 0 radical (unpaired) electrons. The van der Waals surface area contributed by atoms with Crippen molar-refractivity contribution in [2.75, 3.05) is 18.0 Å². The highest BCUT2D eigenvalue weighted by Gasteiger charge is 2.32. The summed E-state index contributed by atoms with van der Waals surface area (Å²) in [6.07, 6.45) is -2.20. The fourth-order valence-corrected chi connectivity index (χ4v) is 5.14. The van der Waals surface area contributed by atoms with E-state index in [0.29, 0.717) is 43.1 Å². The van der Waals surface area contributed by atoms with Gasteiger partial charge in [-0.15, -0.1) is 13.2 Å². The number of nitrogens with one attached hydrogen (secondary N) is 3. The van der Waals surface area contributed by atoms with E-state index in [-0.39, 0.29) is 23.8 Å². The lowest BCUT2D eigenvalue weighted by atomic mass is 9.87. The molecule has 1 atom stereocenters. The van der Waals surface area contributed by atoms with Crippen LogP contribution in [0.15, 0.2) is 41.4 Å². The number of halogens is 3. The van der Waals surface area contributed by atoms with Gasteiger partial charge in [-0.25, -0.2) is 14.8 Å². The van der Waals surface area contributed by atoms with Gasteiger partial charge in [0.2, 0.25) is 11.9 Å². The van der Waals surface area contributed by atoms with E-state index >= 15 is 0 Å². The SMILES string of the molecule is O=C(O)NC(CC(=O)NCc1cccc(OC(F)(F)F)c1)C1CCN(c2nccc(/C=C3/SC(=O)NC3=O)n2)CC1. The number of nitrogens with zero attached hydrogens (tertiary/aromatic N) is 3. The van der Waals surface area contributed by atoms with Crippen LogP contribution >= 0.6 is 11.8 Å². The molecule has 1 aromatic carbocycles. The Morgan fingerprint density at radius 2 is 2.00 bits per heavy atom. The van der Waals surface area contributed by atoms with E-state index in [9.17, 15) is 37.5 Å². The molecule has 2 fully saturated rings. The number of hydrogen-bond donors (Lipinski definition) is 4. The monoisotopic (exact) mass is 594 g/mol. The number of amides is 4. The van der Waals surface area contributed by atoms with Crippen molar-refractivity contribution in [1.82, 2.24) is 25.9 Å². The zero-order chi connectivity index (χ0) is 29.6. The number of ether oxygens (including phenoxy) is 1. The summed E-state index contributed by atoms with van der Waals surface area (Å²) in [6.45, 7) is 0.887. The minimum Gasteiger partial charge on any atom is -0.465 e. The summed E-state index contributed by atoms with van der Waals surface area (Å²) in [4.78, 5) is 58.1. The summed E-state index contributed by atoms with van der Waals surface area (Å²) in [5.41, 5.74) is 0.829. The van der Waals surface area contributed by atoms with Crippen molar-refractivity contribution in [2.45, 2.75) is 38.2 Å². The van der Waals surface area contributed by atoms with Crippen LogP contribution in [0.2, 0.25) is 0 Å². The number of rotatable bonds is 9. The third kappa shape index (κ3) is 8.83. The molecule has 2 aliphatic heterocycles. The zero-order valence-corrected chi connectivity index (χ0v) is 22.1. The van der Waals surface area contributed by atoms with E-state index in [0.717, 1.165) is 23.9 Å². The minimum atomic E-state index is -4.84. The van der Waals surface area contributed by atoms with E-state index in [4.69, 9.17) is 0 Å². The van der Waals surface area contributed by atoms with Crippen LogP contribution in [-0.2, 0) is 16.1 Å². The number of carbonyl (C=O) groups is 4. The molecule has 2 aliphatic rings. The fraction of sp³-hybridized carbons (Fsp3) is 0.360. The van der Waals surface area contributed by atoms with E-state index in [1.165, 1.54) is 24.4 Å². The van der Waals surface area contributed by atoms with Crippen LogP contribution in [0.1, 0.15) is 30.5 Å². The van der Waals surface area contributed by atoms with Crippen LogP contribution in [0, 0.1) is 5.92 Å². The maximum absolute atomic E-state index is 12.6. The summed E-state index contributed by atoms with van der Waals surface area (Å²) in [5, 5.41) is 16.1. The maximum atomic E-state index is 12.6. The topological polar surface area (TPSA) is 163 Å². The highest BCUT2D eigenvalue weighted by molar-refractivity contribution is 8.18. The van der Waals surface area contributed by atoms with Gasteiger partial charge in [0, 0.05) is 38.3 Å². The standard InChI is InChI=1S/C25H25F3N6O6S/c26-25(27,28)40-17-3-1-2-14(10-17)13-30-20(35)12-18(32-23(37)38)15-5-8-34(9-6-15)22-29-7-4-16(31-22)11-19-21(36)33-24(39)41-19/h1-4,7,10-11,15,18,32H,5-6,8-9,12-13H2,(H,30,35)(H,37,38)(H,33,36,39)/b19-11+. The quantitative estimate of drug-likeness (QED) is 0.317. The highest BCUT2D eigenvalue weighted by Crippen LogP contribution is 2.28. The van der Waals surface area contributed by atoms with Crippen molar-refractivity contribution >= 4 is 46.9 Å². The average Bonchev–Trinajstić information content (AvgIpc) is 3.22. The van der Waals surface area contributed by atoms with Gasteiger partial charge in [-0.3, -0.25) is 19.7 Å². The molecule has 4 amide bonds. The lowest BCUT2D eigenvalue weighted by Crippen LogP contribution is -2.47. The van der Waals surface area contributed by atoms with E-state index in [1.807, 2.05) is 4.90 Å². The van der Waals surface area contributed by atoms with Crippen LogP contribution in [0.5, 0.6) is 5.75 Å². The van der Waals surface area contributed by atoms with Gasteiger partial charge in [0.05, 0.1) is 10.6 Å². The number of thioether (sulfide) groups is 1. The second-order valence-electron chi connectivity index (χ2n) is 9.19. The molecular weight excluding hydrogens is 569 g/mol. The third-order valence-electron chi connectivity index (χ3n) is 6.31. The lowest BCUT2D eigenvalue weighted by molar-refractivity contribution is -0.274. The molecule has 16 heteroatoms. The zero-order valence-electron chi connectivity index (χ0n) is 21.3. The van der Waals surface area contributed by atoms with Crippen molar-refractivity contribution < 1.29 is 42.2 Å². The molecule has 4 rings (SSSR count). The summed E-state index contributed by atoms with van der Waals surface area (Å²) < 4.78 is 41.3. The molecular formula is C25H25F3N6O6S. The molecule has 0 aliphatic carbocycles. The third-order valence-corrected chi connectivity index (χ3v) is 7.12. The minimum absolute atomic E-state index is 0.0652. The number of hydrogen-bond acceptors (Lipinski definition) is 9. The van der Waals surface area contributed by atoms with Crippen molar-refractivity contribution in [3.8, 4) is 5.75 Å². The van der Waals surface area contributed by atoms with Gasteiger partial charge >= 0.3 is 12.5 Å². The van der Waals surface area contributed by atoms with Crippen LogP contribution in [-0.4, -0.2) is 63.7 Å². The number of piperidine rings is 1. The number of alkyl halides is 3. The normalized spacial score (nSPS) is 17.7. The number of aromatic nitrogens is 2. The Hall–Kier alpha value is -4.34. The summed E-state index contributed by atoms with van der Waals surface area (Å²) in [5.74, 6) is -1.14. The van der Waals surface area contributed by atoms with Gasteiger partial charge in [0.15, 0.2) is 0 Å². The van der Waals surface area contributed by atoms with Gasteiger partial charge in [0.25, 0.3) is 11.1 Å². The second-order valence-corrected chi connectivity index (χ2v) is 10.2. The van der Waals surface area contributed by atoms with Gasteiger partial charge < -0.3 is 25.4 Å². The van der Waals surface area contributed by atoms with Crippen molar-refractivity contribution in [1.29, 1.82) is 0 Å². The predicted octanol–water partition coefficient (Wildman–Crippen LogP) is 3.26. The largest absolute Gasteiger partial charge is 0.573 e. The Morgan fingerprint density at radius 1 is 1.24 bits per heavy atom. The van der Waals surface area contributed by atoms with E-state index < -0.39 is 41.3 Å². The predicted molar refractivity (Wildman–Crippen MR) is 141 cm³/mol. The number of carbonyl (C=O) groups excluding carboxylic acids is 3. The summed E-state index contributed by atoms with van der Waals surface area (Å²) in [7, 11) is 0. The van der Waals surface area contributed by atoms with Gasteiger partial charge in [-0.1, -0.05) is 12.1 Å². The maximum Gasteiger partial charge on any atom is 0.573 e. The molecule has 2 aromatic rings. The molecule has 2 saturated heterocycles. The molecule has 0 bridgehead atoms. The Morgan fingerprint density at radius 3 is 2.66 bits per heavy atom. The van der Waals surface area contributed by atoms with Crippen LogP contribution in [0.25, 0.3) is 6.08 Å². The molecule has 1 aromatic heterocycles. The van der Waals surface area contributed by atoms with Crippen LogP contribution < -0.4 is 25.6 Å². The summed E-state index contributed by atoms with van der Waals surface area (Å²) in [6, 6.07) is 6.11. The first kappa shape index (κ1) is 29.6. The summed E-state index contributed by atoms with van der Waals surface area (Å²) >= 11 is 0.781. The smallest absolute Gasteiger partial charge is 0.465 e.